The Balaban J connectivity index is 2.78. The summed E-state index contributed by atoms with van der Waals surface area (Å²) in [6, 6.07) is 1.26. The predicted octanol–water partition coefficient (Wildman–Crippen LogP) is 3.86. The van der Waals surface area contributed by atoms with E-state index in [0.717, 1.165) is 18.2 Å². The Labute approximate surface area is 139 Å². The molecule has 1 aromatic carbocycles. The average molecular weight is 360 g/mol. The SMILES string of the molecule is CCc1nc(N(C(N)=O)c2c(F)cccc2F)nc(C(F)(F)F)c1C. The number of aryl methyl sites for hydroxylation is 1. The van der Waals surface area contributed by atoms with Gasteiger partial charge in [-0.3, -0.25) is 0 Å². The molecular weight excluding hydrogens is 347 g/mol. The van der Waals surface area contributed by atoms with Crippen molar-refractivity contribution in [1.82, 2.24) is 9.97 Å². The van der Waals surface area contributed by atoms with Crippen molar-refractivity contribution in [2.45, 2.75) is 26.4 Å². The van der Waals surface area contributed by atoms with Crippen molar-refractivity contribution in [1.29, 1.82) is 0 Å². The fourth-order valence-corrected chi connectivity index (χ4v) is 2.28. The van der Waals surface area contributed by atoms with E-state index in [1.54, 1.807) is 0 Å². The van der Waals surface area contributed by atoms with Gasteiger partial charge >= 0.3 is 12.2 Å². The number of benzene rings is 1. The van der Waals surface area contributed by atoms with Gasteiger partial charge < -0.3 is 5.73 Å². The van der Waals surface area contributed by atoms with Gasteiger partial charge in [-0.1, -0.05) is 13.0 Å². The number of primary amides is 1. The number of rotatable bonds is 3. The molecule has 25 heavy (non-hydrogen) atoms. The molecule has 0 aliphatic heterocycles. The van der Waals surface area contributed by atoms with Crippen LogP contribution in [0.5, 0.6) is 0 Å². The maximum atomic E-state index is 14.0. The third-order valence-corrected chi connectivity index (χ3v) is 3.42. The Bertz CT molecular complexity index is 802. The van der Waals surface area contributed by atoms with Gasteiger partial charge in [0.15, 0.2) is 5.69 Å². The summed E-state index contributed by atoms with van der Waals surface area (Å²) in [7, 11) is 0. The fourth-order valence-electron chi connectivity index (χ4n) is 2.28. The Morgan fingerprint density at radius 1 is 1.20 bits per heavy atom. The minimum atomic E-state index is -4.84. The van der Waals surface area contributed by atoms with E-state index in [4.69, 9.17) is 5.73 Å². The van der Waals surface area contributed by atoms with Gasteiger partial charge in [0, 0.05) is 11.3 Å². The highest BCUT2D eigenvalue weighted by Gasteiger charge is 2.37. The van der Waals surface area contributed by atoms with Crippen LogP contribution in [0, 0.1) is 18.6 Å². The van der Waals surface area contributed by atoms with E-state index < -0.39 is 41.2 Å². The average Bonchev–Trinajstić information content (AvgIpc) is 2.50. The van der Waals surface area contributed by atoms with Crippen molar-refractivity contribution < 1.29 is 26.7 Å². The van der Waals surface area contributed by atoms with Gasteiger partial charge in [-0.05, 0) is 25.5 Å². The summed E-state index contributed by atoms with van der Waals surface area (Å²) in [6.07, 6.45) is -4.76. The number of alkyl halides is 3. The van der Waals surface area contributed by atoms with Gasteiger partial charge in [0.2, 0.25) is 5.95 Å². The molecule has 5 nitrogen and oxygen atoms in total. The van der Waals surface area contributed by atoms with Crippen molar-refractivity contribution in [3.63, 3.8) is 0 Å². The van der Waals surface area contributed by atoms with E-state index in [1.807, 2.05) is 0 Å². The van der Waals surface area contributed by atoms with E-state index in [-0.39, 0.29) is 22.6 Å². The monoisotopic (exact) mass is 360 g/mol. The van der Waals surface area contributed by atoms with Crippen LogP contribution in [0.4, 0.5) is 38.4 Å². The second-order valence-electron chi connectivity index (χ2n) is 5.04. The molecule has 0 aliphatic rings. The maximum Gasteiger partial charge on any atom is 0.433 e. The zero-order valence-corrected chi connectivity index (χ0v) is 13.2. The molecule has 0 fully saturated rings. The Hall–Kier alpha value is -2.78. The Kier molecular flexibility index (Phi) is 4.91. The highest BCUT2D eigenvalue weighted by molar-refractivity contribution is 5.96. The van der Waals surface area contributed by atoms with Crippen LogP contribution in [-0.4, -0.2) is 16.0 Å². The first-order chi connectivity index (χ1) is 11.6. The summed E-state index contributed by atoms with van der Waals surface area (Å²) in [6.45, 7) is 2.71. The molecule has 0 atom stereocenters. The van der Waals surface area contributed by atoms with E-state index in [0.29, 0.717) is 0 Å². The lowest BCUT2D eigenvalue weighted by atomic mass is 10.1. The van der Waals surface area contributed by atoms with Crippen LogP contribution in [0.1, 0.15) is 23.9 Å². The number of carbonyl (C=O) groups excluding carboxylic acids is 1. The van der Waals surface area contributed by atoms with Crippen molar-refractivity contribution in [2.75, 3.05) is 4.90 Å². The summed E-state index contributed by atoms with van der Waals surface area (Å²) in [4.78, 5) is 19.0. The quantitative estimate of drug-likeness (QED) is 0.845. The van der Waals surface area contributed by atoms with Crippen LogP contribution in [0.3, 0.4) is 0 Å². The molecule has 2 amide bonds. The normalized spacial score (nSPS) is 11.5. The fraction of sp³-hybridized carbons (Fsp3) is 0.267. The second-order valence-corrected chi connectivity index (χ2v) is 5.04. The van der Waals surface area contributed by atoms with Gasteiger partial charge in [-0.25, -0.2) is 28.4 Å². The molecule has 134 valence electrons. The number of nitrogens with two attached hydrogens (primary N) is 1. The molecule has 0 spiro atoms. The van der Waals surface area contributed by atoms with Crippen molar-refractivity contribution >= 4 is 17.7 Å². The smallest absolute Gasteiger partial charge is 0.351 e. The Morgan fingerprint density at radius 3 is 2.20 bits per heavy atom. The van der Waals surface area contributed by atoms with Crippen LogP contribution < -0.4 is 10.6 Å². The molecule has 1 heterocycles. The van der Waals surface area contributed by atoms with Crippen molar-refractivity contribution in [2.24, 2.45) is 5.73 Å². The number of amides is 2. The molecule has 2 rings (SSSR count). The van der Waals surface area contributed by atoms with E-state index >= 15 is 0 Å². The molecule has 0 radical (unpaired) electrons. The van der Waals surface area contributed by atoms with Crippen molar-refractivity contribution in [3.05, 3.63) is 46.8 Å². The van der Waals surface area contributed by atoms with Gasteiger partial charge in [0.05, 0.1) is 0 Å². The maximum absolute atomic E-state index is 14.0. The molecule has 0 saturated carbocycles. The number of urea groups is 1. The third-order valence-electron chi connectivity index (χ3n) is 3.42. The number of aromatic nitrogens is 2. The lowest BCUT2D eigenvalue weighted by Gasteiger charge is -2.22. The number of anilines is 2. The van der Waals surface area contributed by atoms with E-state index in [2.05, 4.69) is 9.97 Å². The second kappa shape index (κ2) is 6.61. The van der Waals surface area contributed by atoms with Crippen LogP contribution in [-0.2, 0) is 12.6 Å². The molecule has 0 unspecified atom stereocenters. The van der Waals surface area contributed by atoms with Crippen LogP contribution >= 0.6 is 0 Å². The standard InChI is InChI=1S/C15H13F5N4O/c1-3-10-7(2)12(15(18,19)20)23-14(22-10)24(13(21)25)11-8(16)5-4-6-9(11)17/h4-6H,3H2,1-2H3,(H2,21,25). The first kappa shape index (κ1) is 18.6. The van der Waals surface area contributed by atoms with E-state index in [9.17, 15) is 26.7 Å². The number of hydrogen-bond acceptors (Lipinski definition) is 3. The largest absolute Gasteiger partial charge is 0.433 e. The highest BCUT2D eigenvalue weighted by Crippen LogP contribution is 2.35. The first-order valence-electron chi connectivity index (χ1n) is 7.06. The van der Waals surface area contributed by atoms with E-state index in [1.165, 1.54) is 13.8 Å². The Morgan fingerprint density at radius 2 is 1.76 bits per heavy atom. The topological polar surface area (TPSA) is 72.1 Å². The zero-order chi connectivity index (χ0) is 18.9. The number of carbonyl (C=O) groups is 1. The summed E-state index contributed by atoms with van der Waals surface area (Å²) in [5.41, 5.74) is 2.60. The lowest BCUT2D eigenvalue weighted by molar-refractivity contribution is -0.141. The number of nitrogens with zero attached hydrogens (tertiary/aromatic N) is 3. The molecule has 2 N–H and O–H groups in total. The molecule has 0 saturated heterocycles. The molecular formula is C15H13F5N4O. The molecule has 0 bridgehead atoms. The number of para-hydroxylation sites is 1. The summed E-state index contributed by atoms with van der Waals surface area (Å²) in [5.74, 6) is -3.25. The van der Waals surface area contributed by atoms with Crippen LogP contribution in [0.2, 0.25) is 0 Å². The highest BCUT2D eigenvalue weighted by atomic mass is 19.4. The summed E-state index contributed by atoms with van der Waals surface area (Å²) >= 11 is 0. The molecule has 10 heteroatoms. The minimum Gasteiger partial charge on any atom is -0.351 e. The van der Waals surface area contributed by atoms with Crippen LogP contribution in [0.25, 0.3) is 0 Å². The van der Waals surface area contributed by atoms with Gasteiger partial charge in [-0.15, -0.1) is 0 Å². The molecule has 1 aromatic heterocycles. The molecule has 0 aliphatic carbocycles. The summed E-state index contributed by atoms with van der Waals surface area (Å²) in [5, 5.41) is 0. The van der Waals surface area contributed by atoms with Gasteiger partial charge in [0.25, 0.3) is 0 Å². The minimum absolute atomic E-state index is 0.0275. The summed E-state index contributed by atoms with van der Waals surface area (Å²) < 4.78 is 67.5. The first-order valence-corrected chi connectivity index (χ1v) is 7.06. The zero-order valence-electron chi connectivity index (χ0n) is 13.2. The van der Waals surface area contributed by atoms with Gasteiger partial charge in [0.1, 0.15) is 17.3 Å². The third kappa shape index (κ3) is 3.52. The van der Waals surface area contributed by atoms with Gasteiger partial charge in [-0.2, -0.15) is 13.2 Å². The van der Waals surface area contributed by atoms with Crippen molar-refractivity contribution in [3.8, 4) is 0 Å². The number of hydrogen-bond donors (Lipinski definition) is 1. The predicted molar refractivity (Wildman–Crippen MR) is 79.2 cm³/mol. The molecule has 2 aromatic rings. The lowest BCUT2D eigenvalue weighted by Crippen LogP contribution is -2.35. The van der Waals surface area contributed by atoms with Crippen LogP contribution in [0.15, 0.2) is 18.2 Å². The number of halogens is 5.